The van der Waals surface area contributed by atoms with Crippen molar-refractivity contribution < 1.29 is 23.9 Å². The minimum atomic E-state index is -0.979. The number of likely N-dealkylation sites (tertiary alicyclic amines) is 1. The van der Waals surface area contributed by atoms with E-state index in [1.165, 1.54) is 14.0 Å². The maximum absolute atomic E-state index is 13.5. The molecule has 2 saturated heterocycles. The first-order chi connectivity index (χ1) is 16.8. The molecule has 2 fully saturated rings. The summed E-state index contributed by atoms with van der Waals surface area (Å²) in [6.45, 7) is 3.34. The Morgan fingerprint density at radius 3 is 2.17 bits per heavy atom. The quantitative estimate of drug-likeness (QED) is 0.485. The summed E-state index contributed by atoms with van der Waals surface area (Å²) in [5, 5.41) is 2.76. The summed E-state index contributed by atoms with van der Waals surface area (Å²) >= 11 is 0. The predicted molar refractivity (Wildman–Crippen MR) is 129 cm³/mol. The molecule has 2 aliphatic rings. The molecule has 2 aliphatic heterocycles. The van der Waals surface area contributed by atoms with Gasteiger partial charge in [-0.2, -0.15) is 0 Å². The van der Waals surface area contributed by atoms with E-state index in [4.69, 9.17) is 4.74 Å². The molecule has 2 aromatic carbocycles. The number of benzene rings is 2. The van der Waals surface area contributed by atoms with Gasteiger partial charge >= 0.3 is 12.0 Å². The zero-order valence-electron chi connectivity index (χ0n) is 20.0. The molecule has 0 saturated carbocycles. The number of imide groups is 1. The monoisotopic (exact) mass is 478 g/mol. The molecule has 0 aliphatic carbocycles. The summed E-state index contributed by atoms with van der Waals surface area (Å²) < 4.78 is 4.72. The van der Waals surface area contributed by atoms with E-state index in [1.807, 2.05) is 54.6 Å². The SMILES string of the molecule is COC(=O)CN1C(=O)N(Cc2ccccc2)C2(CCN(Cc3ccc(NC(C)=O)cc3)CC2)C1=O. The van der Waals surface area contributed by atoms with Gasteiger partial charge in [-0.1, -0.05) is 42.5 Å². The number of carbonyl (C=O) groups is 4. The van der Waals surface area contributed by atoms with Crippen molar-refractivity contribution in [3.63, 3.8) is 0 Å². The third kappa shape index (κ3) is 5.19. The molecular formula is C26H30N4O5. The summed E-state index contributed by atoms with van der Waals surface area (Å²) in [6, 6.07) is 16.8. The second-order valence-corrected chi connectivity index (χ2v) is 9.01. The number of ether oxygens (including phenoxy) is 1. The van der Waals surface area contributed by atoms with Crippen molar-refractivity contribution in [1.29, 1.82) is 0 Å². The van der Waals surface area contributed by atoms with Gasteiger partial charge in [-0.25, -0.2) is 4.79 Å². The number of hydrogen-bond acceptors (Lipinski definition) is 6. The van der Waals surface area contributed by atoms with E-state index in [1.54, 1.807) is 4.90 Å². The molecule has 184 valence electrons. The van der Waals surface area contributed by atoms with E-state index in [0.29, 0.717) is 39.0 Å². The smallest absolute Gasteiger partial charge is 0.328 e. The van der Waals surface area contributed by atoms with Gasteiger partial charge in [0, 0.05) is 38.8 Å². The number of piperidine rings is 1. The zero-order chi connectivity index (χ0) is 25.0. The lowest BCUT2D eigenvalue weighted by molar-refractivity contribution is -0.146. The molecule has 4 amide bonds. The predicted octanol–water partition coefficient (Wildman–Crippen LogP) is 2.62. The number of esters is 1. The molecule has 35 heavy (non-hydrogen) atoms. The third-order valence-electron chi connectivity index (χ3n) is 6.68. The Kier molecular flexibility index (Phi) is 7.16. The highest BCUT2D eigenvalue weighted by atomic mass is 16.5. The summed E-state index contributed by atoms with van der Waals surface area (Å²) in [6.07, 6.45) is 0.956. The molecule has 4 rings (SSSR count). The van der Waals surface area contributed by atoms with E-state index in [0.717, 1.165) is 21.7 Å². The van der Waals surface area contributed by atoms with Crippen LogP contribution >= 0.6 is 0 Å². The van der Waals surface area contributed by atoms with Gasteiger partial charge in [0.2, 0.25) is 5.91 Å². The van der Waals surface area contributed by atoms with Crippen molar-refractivity contribution in [1.82, 2.24) is 14.7 Å². The Morgan fingerprint density at radius 2 is 1.57 bits per heavy atom. The van der Waals surface area contributed by atoms with Crippen LogP contribution in [0.1, 0.15) is 30.9 Å². The fourth-order valence-electron chi connectivity index (χ4n) is 4.82. The molecule has 0 bridgehead atoms. The normalized spacial score (nSPS) is 17.7. The Morgan fingerprint density at radius 1 is 0.943 bits per heavy atom. The summed E-state index contributed by atoms with van der Waals surface area (Å²) in [4.78, 5) is 54.9. The van der Waals surface area contributed by atoms with Crippen LogP contribution in [0.3, 0.4) is 0 Å². The lowest BCUT2D eigenvalue weighted by Crippen LogP contribution is -2.56. The molecule has 0 aromatic heterocycles. The van der Waals surface area contributed by atoms with Crippen LogP contribution in [-0.2, 0) is 32.2 Å². The Hall–Kier alpha value is -3.72. The van der Waals surface area contributed by atoms with Crippen LogP contribution in [0.15, 0.2) is 54.6 Å². The maximum atomic E-state index is 13.5. The summed E-state index contributed by atoms with van der Waals surface area (Å²) in [7, 11) is 1.24. The van der Waals surface area contributed by atoms with Crippen LogP contribution in [0.4, 0.5) is 10.5 Å². The second-order valence-electron chi connectivity index (χ2n) is 9.01. The Labute approximate surface area is 204 Å². The Balaban J connectivity index is 1.49. The minimum absolute atomic E-state index is 0.115. The van der Waals surface area contributed by atoms with Crippen LogP contribution in [0.25, 0.3) is 0 Å². The molecular weight excluding hydrogens is 448 g/mol. The molecule has 2 heterocycles. The average Bonchev–Trinajstić information content (AvgIpc) is 3.03. The van der Waals surface area contributed by atoms with E-state index in [2.05, 4.69) is 10.2 Å². The fourth-order valence-corrected chi connectivity index (χ4v) is 4.82. The lowest BCUT2D eigenvalue weighted by Gasteiger charge is -2.42. The van der Waals surface area contributed by atoms with Crippen LogP contribution in [0.5, 0.6) is 0 Å². The van der Waals surface area contributed by atoms with E-state index in [9.17, 15) is 19.2 Å². The van der Waals surface area contributed by atoms with E-state index in [-0.39, 0.29) is 18.4 Å². The molecule has 9 nitrogen and oxygen atoms in total. The number of methoxy groups -OCH3 is 1. The van der Waals surface area contributed by atoms with Crippen LogP contribution in [0.2, 0.25) is 0 Å². The summed E-state index contributed by atoms with van der Waals surface area (Å²) in [5.74, 6) is -1.07. The molecule has 1 spiro atoms. The number of amides is 4. The molecule has 2 aromatic rings. The number of nitrogens with one attached hydrogen (secondary N) is 1. The number of nitrogens with zero attached hydrogens (tertiary/aromatic N) is 3. The number of rotatable bonds is 7. The zero-order valence-corrected chi connectivity index (χ0v) is 20.0. The van der Waals surface area contributed by atoms with Gasteiger partial charge in [-0.3, -0.25) is 24.2 Å². The van der Waals surface area contributed by atoms with Crippen molar-refractivity contribution in [2.75, 3.05) is 32.1 Å². The number of carbonyl (C=O) groups excluding carboxylic acids is 4. The van der Waals surface area contributed by atoms with Gasteiger partial charge in [-0.15, -0.1) is 0 Å². The van der Waals surface area contributed by atoms with Gasteiger partial charge in [0.15, 0.2) is 0 Å². The fraction of sp³-hybridized carbons (Fsp3) is 0.385. The van der Waals surface area contributed by atoms with Crippen LogP contribution in [0, 0.1) is 0 Å². The third-order valence-corrected chi connectivity index (χ3v) is 6.68. The highest BCUT2D eigenvalue weighted by Crippen LogP contribution is 2.38. The van der Waals surface area contributed by atoms with Gasteiger partial charge in [0.25, 0.3) is 5.91 Å². The van der Waals surface area contributed by atoms with Gasteiger partial charge in [-0.05, 0) is 36.1 Å². The first-order valence-corrected chi connectivity index (χ1v) is 11.7. The molecule has 0 unspecified atom stereocenters. The second kappa shape index (κ2) is 10.3. The van der Waals surface area contributed by atoms with Gasteiger partial charge in [0.1, 0.15) is 12.1 Å². The van der Waals surface area contributed by atoms with Crippen molar-refractivity contribution in [3.05, 3.63) is 65.7 Å². The molecule has 1 N–H and O–H groups in total. The Bertz CT molecular complexity index is 1090. The minimum Gasteiger partial charge on any atom is -0.468 e. The molecule has 0 radical (unpaired) electrons. The highest BCUT2D eigenvalue weighted by Gasteiger charge is 2.58. The van der Waals surface area contributed by atoms with E-state index >= 15 is 0 Å². The first kappa shape index (κ1) is 24.4. The van der Waals surface area contributed by atoms with Crippen molar-refractivity contribution in [2.24, 2.45) is 0 Å². The van der Waals surface area contributed by atoms with Crippen LogP contribution < -0.4 is 5.32 Å². The van der Waals surface area contributed by atoms with Crippen molar-refractivity contribution in [2.45, 2.75) is 38.4 Å². The van der Waals surface area contributed by atoms with Crippen molar-refractivity contribution in [3.8, 4) is 0 Å². The highest BCUT2D eigenvalue weighted by molar-refractivity contribution is 6.08. The standard InChI is InChI=1S/C26H30N4O5/c1-19(31)27-22-10-8-21(9-11-22)16-28-14-12-26(13-15-28)24(33)29(18-23(32)35-2)25(34)30(26)17-20-6-4-3-5-7-20/h3-11H,12-18H2,1-2H3,(H,27,31). The lowest BCUT2D eigenvalue weighted by atomic mass is 9.85. The summed E-state index contributed by atoms with van der Waals surface area (Å²) in [5.41, 5.74) is 1.79. The number of anilines is 1. The van der Waals surface area contributed by atoms with Gasteiger partial charge < -0.3 is 15.0 Å². The van der Waals surface area contributed by atoms with E-state index < -0.39 is 17.5 Å². The maximum Gasteiger partial charge on any atom is 0.328 e. The number of hydrogen-bond donors (Lipinski definition) is 1. The average molecular weight is 479 g/mol. The van der Waals surface area contributed by atoms with Crippen molar-refractivity contribution >= 4 is 29.5 Å². The molecule has 9 heteroatoms. The number of urea groups is 1. The largest absolute Gasteiger partial charge is 0.468 e. The molecule has 0 atom stereocenters. The van der Waals surface area contributed by atoms with Gasteiger partial charge in [0.05, 0.1) is 7.11 Å². The topological polar surface area (TPSA) is 99.3 Å². The van der Waals surface area contributed by atoms with Crippen LogP contribution in [-0.4, -0.2) is 70.8 Å². The first-order valence-electron chi connectivity index (χ1n) is 11.7.